The summed E-state index contributed by atoms with van der Waals surface area (Å²) in [5.41, 5.74) is 7.08. The first-order valence-electron chi connectivity index (χ1n) is 8.87. The fourth-order valence-electron chi connectivity index (χ4n) is 2.86. The van der Waals surface area contributed by atoms with E-state index in [4.69, 9.17) is 4.74 Å². The number of anilines is 1. The predicted octanol–water partition coefficient (Wildman–Crippen LogP) is 5.36. The second kappa shape index (κ2) is 8.27. The van der Waals surface area contributed by atoms with E-state index in [0.29, 0.717) is 12.6 Å². The molecule has 0 fully saturated rings. The molecule has 0 saturated carbocycles. The first-order valence-corrected chi connectivity index (χ1v) is 9.67. The average Bonchev–Trinajstić information content (AvgIpc) is 3.04. The number of ether oxygens (including phenoxy) is 1. The molecule has 1 heterocycles. The summed E-state index contributed by atoms with van der Waals surface area (Å²) < 4.78 is 8.74. The van der Waals surface area contributed by atoms with Gasteiger partial charge in [0.25, 0.3) is 0 Å². The molecule has 4 rings (SSSR count). The number of aromatic nitrogens is 2. The fraction of sp³-hybridized carbons (Fsp3) is 0.0909. The van der Waals surface area contributed by atoms with Gasteiger partial charge in [-0.3, -0.25) is 0 Å². The Bertz CT molecular complexity index is 1120. The van der Waals surface area contributed by atoms with Crippen LogP contribution in [0.3, 0.4) is 0 Å². The van der Waals surface area contributed by atoms with Crippen LogP contribution in [0.1, 0.15) is 11.1 Å². The Labute approximate surface area is 171 Å². The van der Waals surface area contributed by atoms with Gasteiger partial charge in [0.15, 0.2) is 0 Å². The summed E-state index contributed by atoms with van der Waals surface area (Å²) in [4.78, 5) is 4.54. The van der Waals surface area contributed by atoms with Crippen LogP contribution in [-0.2, 0) is 13.7 Å². The summed E-state index contributed by atoms with van der Waals surface area (Å²) in [5.74, 6) is 1.49. The number of aryl methyl sites for hydroxylation is 1. The molecule has 6 heteroatoms. The molecule has 140 valence electrons. The lowest BCUT2D eigenvalue weighted by atomic mass is 10.2. The number of para-hydroxylation sites is 2. The van der Waals surface area contributed by atoms with E-state index >= 15 is 0 Å². The summed E-state index contributed by atoms with van der Waals surface area (Å²) in [6.07, 6.45) is 1.76. The van der Waals surface area contributed by atoms with E-state index in [9.17, 15) is 0 Å². The lowest BCUT2D eigenvalue weighted by Crippen LogP contribution is -1.99. The Morgan fingerprint density at radius 2 is 1.86 bits per heavy atom. The van der Waals surface area contributed by atoms with Crippen molar-refractivity contribution in [1.82, 2.24) is 9.55 Å². The van der Waals surface area contributed by atoms with Crippen LogP contribution in [0.5, 0.6) is 5.75 Å². The van der Waals surface area contributed by atoms with Gasteiger partial charge in [-0.15, -0.1) is 0 Å². The third-order valence-corrected chi connectivity index (χ3v) is 4.98. The maximum atomic E-state index is 5.88. The predicted molar refractivity (Wildman–Crippen MR) is 117 cm³/mol. The van der Waals surface area contributed by atoms with E-state index in [1.165, 1.54) is 0 Å². The molecule has 0 saturated heterocycles. The second-order valence-corrected chi connectivity index (χ2v) is 7.17. The highest BCUT2D eigenvalue weighted by Crippen LogP contribution is 2.26. The summed E-state index contributed by atoms with van der Waals surface area (Å²) in [6.45, 7) is 0.529. The van der Waals surface area contributed by atoms with Gasteiger partial charge in [0.2, 0.25) is 5.95 Å². The van der Waals surface area contributed by atoms with Crippen LogP contribution >= 0.6 is 15.9 Å². The zero-order chi connectivity index (χ0) is 19.3. The number of nitrogens with one attached hydrogen (secondary N) is 1. The largest absolute Gasteiger partial charge is 0.488 e. The molecule has 0 spiro atoms. The standard InChI is InChI=1S/C22H19BrN4O/c1-27-20-10-6-5-9-19(20)25-22(27)26-24-14-17-11-12-21(18(23)13-17)28-15-16-7-3-2-4-8-16/h2-14H,15H2,1H3,(H,25,26)/b24-14-. The maximum Gasteiger partial charge on any atom is 0.224 e. The highest BCUT2D eigenvalue weighted by Gasteiger charge is 2.06. The number of fused-ring (bicyclic) bond motifs is 1. The third kappa shape index (κ3) is 4.07. The zero-order valence-corrected chi connectivity index (χ0v) is 16.9. The van der Waals surface area contributed by atoms with Crippen molar-refractivity contribution in [2.45, 2.75) is 6.61 Å². The molecule has 0 bridgehead atoms. The monoisotopic (exact) mass is 434 g/mol. The fourth-order valence-corrected chi connectivity index (χ4v) is 3.37. The van der Waals surface area contributed by atoms with Crippen LogP contribution in [0.4, 0.5) is 5.95 Å². The number of hydrogen-bond acceptors (Lipinski definition) is 4. The SMILES string of the molecule is Cn1c(N/N=C\c2ccc(OCc3ccccc3)c(Br)c2)nc2ccccc21. The van der Waals surface area contributed by atoms with Gasteiger partial charge >= 0.3 is 0 Å². The van der Waals surface area contributed by atoms with Crippen molar-refractivity contribution >= 4 is 39.1 Å². The van der Waals surface area contributed by atoms with Crippen LogP contribution in [0, 0.1) is 0 Å². The average molecular weight is 435 g/mol. The maximum absolute atomic E-state index is 5.88. The first kappa shape index (κ1) is 18.3. The molecule has 28 heavy (non-hydrogen) atoms. The van der Waals surface area contributed by atoms with Crippen molar-refractivity contribution in [3.8, 4) is 5.75 Å². The summed E-state index contributed by atoms with van der Waals surface area (Å²) in [7, 11) is 1.96. The minimum Gasteiger partial charge on any atom is -0.488 e. The molecule has 0 radical (unpaired) electrons. The second-order valence-electron chi connectivity index (χ2n) is 6.32. The van der Waals surface area contributed by atoms with Crippen molar-refractivity contribution in [2.75, 3.05) is 5.43 Å². The van der Waals surface area contributed by atoms with E-state index in [2.05, 4.69) is 31.4 Å². The Morgan fingerprint density at radius 1 is 1.07 bits per heavy atom. The molecule has 3 aromatic carbocycles. The van der Waals surface area contributed by atoms with Crippen LogP contribution in [-0.4, -0.2) is 15.8 Å². The van der Waals surface area contributed by atoms with E-state index < -0.39 is 0 Å². The first-order chi connectivity index (χ1) is 13.7. The van der Waals surface area contributed by atoms with E-state index in [1.54, 1.807) is 6.21 Å². The van der Waals surface area contributed by atoms with E-state index in [-0.39, 0.29) is 0 Å². The lowest BCUT2D eigenvalue weighted by Gasteiger charge is -2.09. The highest BCUT2D eigenvalue weighted by molar-refractivity contribution is 9.10. The van der Waals surface area contributed by atoms with Crippen LogP contribution < -0.4 is 10.2 Å². The molecule has 0 aliphatic carbocycles. The number of hydrogen-bond donors (Lipinski definition) is 1. The number of halogens is 1. The van der Waals surface area contributed by atoms with Gasteiger partial charge in [-0.05, 0) is 57.4 Å². The normalized spacial score (nSPS) is 11.2. The molecule has 5 nitrogen and oxygen atoms in total. The van der Waals surface area contributed by atoms with Gasteiger partial charge in [0.05, 0.1) is 21.7 Å². The molecular formula is C22H19BrN4O. The molecular weight excluding hydrogens is 416 g/mol. The van der Waals surface area contributed by atoms with Crippen molar-refractivity contribution in [3.05, 3.63) is 88.4 Å². The van der Waals surface area contributed by atoms with Crippen molar-refractivity contribution < 1.29 is 4.74 Å². The zero-order valence-electron chi connectivity index (χ0n) is 15.3. The molecule has 1 N–H and O–H groups in total. The number of imidazole rings is 1. The van der Waals surface area contributed by atoms with Crippen LogP contribution in [0.15, 0.2) is 82.4 Å². The number of nitrogens with zero attached hydrogens (tertiary/aromatic N) is 3. The summed E-state index contributed by atoms with van der Waals surface area (Å²) in [5, 5.41) is 4.31. The quantitative estimate of drug-likeness (QED) is 0.328. The number of hydrazone groups is 1. The summed E-state index contributed by atoms with van der Waals surface area (Å²) >= 11 is 3.57. The smallest absolute Gasteiger partial charge is 0.224 e. The number of benzene rings is 3. The molecule has 1 aromatic heterocycles. The van der Waals surface area contributed by atoms with Crippen LogP contribution in [0.2, 0.25) is 0 Å². The Morgan fingerprint density at radius 3 is 2.64 bits per heavy atom. The van der Waals surface area contributed by atoms with Gasteiger partial charge in [-0.25, -0.2) is 10.4 Å². The van der Waals surface area contributed by atoms with Crippen molar-refractivity contribution in [2.24, 2.45) is 12.1 Å². The summed E-state index contributed by atoms with van der Waals surface area (Å²) in [6, 6.07) is 23.9. The van der Waals surface area contributed by atoms with E-state index in [1.807, 2.05) is 84.4 Å². The molecule has 4 aromatic rings. The Hall–Kier alpha value is -3.12. The third-order valence-electron chi connectivity index (χ3n) is 4.36. The molecule has 0 amide bonds. The number of rotatable bonds is 6. The molecule has 0 aliphatic rings. The lowest BCUT2D eigenvalue weighted by molar-refractivity contribution is 0.304. The Kier molecular flexibility index (Phi) is 5.39. The van der Waals surface area contributed by atoms with Crippen molar-refractivity contribution in [3.63, 3.8) is 0 Å². The molecule has 0 atom stereocenters. The van der Waals surface area contributed by atoms with Gasteiger partial charge in [-0.2, -0.15) is 5.10 Å². The van der Waals surface area contributed by atoms with Gasteiger partial charge < -0.3 is 9.30 Å². The van der Waals surface area contributed by atoms with E-state index in [0.717, 1.165) is 32.4 Å². The van der Waals surface area contributed by atoms with Crippen LogP contribution in [0.25, 0.3) is 11.0 Å². The topological polar surface area (TPSA) is 51.4 Å². The highest BCUT2D eigenvalue weighted by atomic mass is 79.9. The molecule has 0 aliphatic heterocycles. The van der Waals surface area contributed by atoms with Gasteiger partial charge in [0, 0.05) is 7.05 Å². The minimum absolute atomic E-state index is 0.529. The Balaban J connectivity index is 1.41. The minimum atomic E-state index is 0.529. The van der Waals surface area contributed by atoms with Gasteiger partial charge in [0.1, 0.15) is 12.4 Å². The van der Waals surface area contributed by atoms with Gasteiger partial charge in [-0.1, -0.05) is 42.5 Å². The van der Waals surface area contributed by atoms with Crippen molar-refractivity contribution in [1.29, 1.82) is 0 Å². The molecule has 0 unspecified atom stereocenters.